The Kier molecular flexibility index (Phi) is 8.73. The van der Waals surface area contributed by atoms with E-state index in [1.807, 2.05) is 42.6 Å². The molecule has 0 bridgehead atoms. The van der Waals surface area contributed by atoms with Crippen LogP contribution in [0.3, 0.4) is 0 Å². The van der Waals surface area contributed by atoms with Gasteiger partial charge in [0.1, 0.15) is 19.7 Å². The Bertz CT molecular complexity index is 2480. The lowest BCUT2D eigenvalue weighted by molar-refractivity contribution is 0.840. The van der Waals surface area contributed by atoms with Gasteiger partial charge in [0.15, 0.2) is 11.6 Å². The lowest BCUT2D eigenvalue weighted by atomic mass is 9.98. The van der Waals surface area contributed by atoms with Crippen LogP contribution in [-0.4, -0.2) is 28.0 Å². The summed E-state index contributed by atoms with van der Waals surface area (Å²) in [6.07, 6.45) is 3.33. The van der Waals surface area contributed by atoms with Gasteiger partial charge in [0.2, 0.25) is 0 Å². The average Bonchev–Trinajstić information content (AvgIpc) is 3.24. The number of aromatic nitrogens is 4. The first-order chi connectivity index (χ1) is 26.5. The van der Waals surface area contributed by atoms with Gasteiger partial charge in [-0.1, -0.05) is 159 Å². The minimum Gasteiger partial charge on any atom is -0.295 e. The molecule has 0 atom stereocenters. The summed E-state index contributed by atoms with van der Waals surface area (Å²) < 4.78 is 0. The minimum atomic E-state index is -1.97. The molecule has 0 saturated carbocycles. The monoisotopic (exact) mass is 713 g/mol. The van der Waals surface area contributed by atoms with Gasteiger partial charge in [-0.25, -0.2) is 19.9 Å². The Morgan fingerprint density at radius 3 is 1.50 bits per heavy atom. The lowest BCUT2D eigenvalue weighted by Gasteiger charge is -2.41. The second-order valence-electron chi connectivity index (χ2n) is 14.3. The van der Waals surface area contributed by atoms with Crippen LogP contribution in [0.15, 0.2) is 176 Å². The third-order valence-electron chi connectivity index (χ3n) is 10.5. The molecule has 1 aliphatic rings. The molecule has 3 heterocycles. The van der Waals surface area contributed by atoms with Crippen molar-refractivity contribution < 1.29 is 0 Å². The number of aryl methyl sites for hydroxylation is 2. The molecule has 54 heavy (non-hydrogen) atoms. The maximum absolute atomic E-state index is 5.36. The number of hydrogen-bond donors (Lipinski definition) is 0. The van der Waals surface area contributed by atoms with Crippen molar-refractivity contribution in [2.24, 2.45) is 0 Å². The summed E-state index contributed by atoms with van der Waals surface area (Å²) in [5.41, 5.74) is 10.0. The number of nitrogens with zero attached hydrogens (tertiary/aromatic N) is 5. The maximum Gasteiger partial charge on any atom is 0.163 e. The van der Waals surface area contributed by atoms with Crippen LogP contribution in [0.4, 0.5) is 17.2 Å². The summed E-state index contributed by atoms with van der Waals surface area (Å²) in [7, 11) is -1.97. The van der Waals surface area contributed by atoms with E-state index in [4.69, 9.17) is 19.9 Å². The molecule has 0 spiro atoms. The highest BCUT2D eigenvalue weighted by Crippen LogP contribution is 2.40. The molecule has 6 heteroatoms. The highest BCUT2D eigenvalue weighted by molar-refractivity contribution is 7.02. The van der Waals surface area contributed by atoms with Gasteiger partial charge in [0.25, 0.3) is 0 Å². The van der Waals surface area contributed by atoms with Crippen LogP contribution in [0, 0.1) is 0 Å². The van der Waals surface area contributed by atoms with Crippen molar-refractivity contribution >= 4 is 35.6 Å². The zero-order chi connectivity index (χ0) is 36.5. The zero-order valence-electron chi connectivity index (χ0n) is 30.4. The van der Waals surface area contributed by atoms with E-state index in [-0.39, 0.29) is 0 Å². The maximum atomic E-state index is 5.36. The molecule has 0 unspecified atom stereocenters. The van der Waals surface area contributed by atoms with Gasteiger partial charge in [-0.2, -0.15) is 0 Å². The molecule has 2 aromatic heterocycles. The summed E-state index contributed by atoms with van der Waals surface area (Å²) >= 11 is 0. The molecule has 0 saturated heterocycles. The minimum absolute atomic E-state index is 0.613. The number of rotatable bonds is 8. The van der Waals surface area contributed by atoms with Crippen LogP contribution >= 0.6 is 0 Å². The first kappa shape index (κ1) is 33.3. The van der Waals surface area contributed by atoms with Crippen LogP contribution in [-0.2, 0) is 12.8 Å². The Labute approximate surface area is 317 Å². The van der Waals surface area contributed by atoms with Gasteiger partial charge in [-0.15, -0.1) is 0 Å². The molecule has 6 aromatic carbocycles. The molecule has 9 rings (SSSR count). The van der Waals surface area contributed by atoms with Gasteiger partial charge in [0, 0.05) is 40.7 Å². The number of hydrogen-bond acceptors (Lipinski definition) is 5. The van der Waals surface area contributed by atoms with Crippen molar-refractivity contribution in [2.45, 2.75) is 25.9 Å². The van der Waals surface area contributed by atoms with Gasteiger partial charge in [-0.3, -0.25) is 4.90 Å². The number of para-hydroxylation sites is 2. The first-order valence-corrected chi connectivity index (χ1v) is 21.5. The molecule has 0 aliphatic carbocycles. The predicted octanol–water partition coefficient (Wildman–Crippen LogP) is 10.3. The predicted molar refractivity (Wildman–Crippen MR) is 225 cm³/mol. The van der Waals surface area contributed by atoms with Gasteiger partial charge < -0.3 is 0 Å². The normalized spacial score (nSPS) is 12.9. The van der Waals surface area contributed by atoms with Crippen LogP contribution in [0.2, 0.25) is 13.1 Å². The third-order valence-corrected chi connectivity index (χ3v) is 14.0. The van der Waals surface area contributed by atoms with Crippen molar-refractivity contribution in [2.75, 3.05) is 4.90 Å². The molecule has 0 amide bonds. The van der Waals surface area contributed by atoms with Crippen LogP contribution in [0.25, 0.3) is 45.0 Å². The summed E-state index contributed by atoms with van der Waals surface area (Å²) in [5.74, 6) is 3.03. The molecule has 8 aromatic rings. The molecule has 0 N–H and O–H groups in total. The Balaban J connectivity index is 1.18. The molecule has 260 valence electrons. The molecule has 5 nitrogen and oxygen atoms in total. The van der Waals surface area contributed by atoms with Crippen LogP contribution < -0.4 is 15.3 Å². The molecule has 1 aliphatic heterocycles. The second-order valence-corrected chi connectivity index (χ2v) is 18.6. The fraction of sp³-hybridized carbons (Fsp3) is 0.0833. The van der Waals surface area contributed by atoms with Gasteiger partial charge >= 0.3 is 0 Å². The quantitative estimate of drug-likeness (QED) is 0.147. The highest BCUT2D eigenvalue weighted by Gasteiger charge is 2.39. The average molecular weight is 714 g/mol. The largest absolute Gasteiger partial charge is 0.295 e. The van der Waals surface area contributed by atoms with Crippen molar-refractivity contribution in [3.05, 3.63) is 187 Å². The molecular weight excluding hydrogens is 675 g/mol. The van der Waals surface area contributed by atoms with E-state index < -0.39 is 8.07 Å². The molecule has 0 fully saturated rings. The first-order valence-electron chi connectivity index (χ1n) is 18.5. The topological polar surface area (TPSA) is 54.8 Å². The summed E-state index contributed by atoms with van der Waals surface area (Å²) in [5, 5.41) is 2.82. The van der Waals surface area contributed by atoms with E-state index in [1.165, 1.54) is 32.9 Å². The van der Waals surface area contributed by atoms with E-state index >= 15 is 0 Å². The van der Waals surface area contributed by atoms with Crippen LogP contribution in [0.1, 0.15) is 11.4 Å². The van der Waals surface area contributed by atoms with E-state index in [0.29, 0.717) is 24.5 Å². The highest BCUT2D eigenvalue weighted by atomic mass is 28.3. The van der Waals surface area contributed by atoms with Crippen LogP contribution in [0.5, 0.6) is 0 Å². The number of benzene rings is 6. The Morgan fingerprint density at radius 2 is 0.926 bits per heavy atom. The van der Waals surface area contributed by atoms with E-state index in [9.17, 15) is 0 Å². The van der Waals surface area contributed by atoms with Gasteiger partial charge in [-0.05, 0) is 63.3 Å². The molecule has 0 radical (unpaired) electrons. The fourth-order valence-corrected chi connectivity index (χ4v) is 10.7. The Morgan fingerprint density at radius 1 is 0.444 bits per heavy atom. The summed E-state index contributed by atoms with van der Waals surface area (Å²) in [4.78, 5) is 22.8. The molecular formula is C48H39N5Si. The second kappa shape index (κ2) is 14.1. The smallest absolute Gasteiger partial charge is 0.163 e. The summed E-state index contributed by atoms with van der Waals surface area (Å²) in [6, 6.07) is 59.7. The number of pyridine rings is 1. The standard InChI is InChI=1S/C48H39N5Si/c1-54(2)43-27-14-12-25-41(43)53(42-26-13-15-28-44(42)54)48-39(32-40(33-49-48)38-24-16-23-37(31-38)34-17-6-3-7-18-34)29-30-45-50-46(35-19-8-4-9-20-35)52-47(51-45)36-21-10-5-11-22-36/h3-28,31-33H,29-30H2,1-2H3. The summed E-state index contributed by atoms with van der Waals surface area (Å²) in [6.45, 7) is 4.91. The van der Waals surface area contributed by atoms with Crippen molar-refractivity contribution in [1.82, 2.24) is 19.9 Å². The Hall–Kier alpha value is -6.50. The third kappa shape index (κ3) is 6.31. The zero-order valence-corrected chi connectivity index (χ0v) is 31.4. The SMILES string of the molecule is C[Si]1(C)c2ccccc2N(c2ncc(-c3cccc(-c4ccccc4)c3)cc2CCc2nc(-c3ccccc3)nc(-c3ccccc3)n2)c2ccccc21. The van der Waals surface area contributed by atoms with E-state index in [2.05, 4.69) is 151 Å². The number of anilines is 3. The van der Waals surface area contributed by atoms with E-state index in [1.54, 1.807) is 0 Å². The van der Waals surface area contributed by atoms with Gasteiger partial charge in [0.05, 0.1) is 0 Å². The van der Waals surface area contributed by atoms with Crippen molar-refractivity contribution in [3.63, 3.8) is 0 Å². The number of fused-ring (bicyclic) bond motifs is 2. The fourth-order valence-electron chi connectivity index (χ4n) is 7.66. The van der Waals surface area contributed by atoms with Crippen molar-refractivity contribution in [1.29, 1.82) is 0 Å². The van der Waals surface area contributed by atoms with E-state index in [0.717, 1.165) is 39.5 Å². The van der Waals surface area contributed by atoms with Crippen molar-refractivity contribution in [3.8, 4) is 45.0 Å². The lowest BCUT2D eigenvalue weighted by Crippen LogP contribution is -2.58.